The molecule has 0 radical (unpaired) electrons. The third kappa shape index (κ3) is 5.30. The van der Waals surface area contributed by atoms with E-state index in [0.717, 1.165) is 12.3 Å². The molecule has 2 heteroatoms. The third-order valence-electron chi connectivity index (χ3n) is 6.49. The standard InChI is InChI=1S/C29H31IO/c30-23-22-28(21-20-24-12-10-11-13-24)31-29(25-14-4-1-5-15-25,26-16-6-2-7-17-26)27-18-8-3-9-19-27/h1-9,14-19,22-24,28H,10-13,20-21H2/b23-22+. The summed E-state index contributed by atoms with van der Waals surface area (Å²) in [6.07, 6.45) is 10.1. The topological polar surface area (TPSA) is 9.23 Å². The lowest BCUT2D eigenvalue weighted by Gasteiger charge is -2.38. The van der Waals surface area contributed by atoms with Crippen LogP contribution in [0.25, 0.3) is 0 Å². The van der Waals surface area contributed by atoms with Gasteiger partial charge in [0.2, 0.25) is 0 Å². The van der Waals surface area contributed by atoms with Gasteiger partial charge in [0.15, 0.2) is 0 Å². The van der Waals surface area contributed by atoms with Crippen LogP contribution in [0.4, 0.5) is 0 Å². The van der Waals surface area contributed by atoms with Crippen LogP contribution < -0.4 is 0 Å². The van der Waals surface area contributed by atoms with E-state index >= 15 is 0 Å². The van der Waals surface area contributed by atoms with Crippen LogP contribution in [0.15, 0.2) is 101 Å². The van der Waals surface area contributed by atoms with Gasteiger partial charge in [-0.15, -0.1) is 0 Å². The maximum absolute atomic E-state index is 7.21. The van der Waals surface area contributed by atoms with Crippen molar-refractivity contribution in [3.63, 3.8) is 0 Å². The molecule has 0 heterocycles. The largest absolute Gasteiger partial charge is 0.354 e. The van der Waals surface area contributed by atoms with E-state index in [1.807, 2.05) is 0 Å². The van der Waals surface area contributed by atoms with Crippen molar-refractivity contribution in [1.29, 1.82) is 0 Å². The van der Waals surface area contributed by atoms with Gasteiger partial charge in [-0.1, -0.05) is 139 Å². The molecule has 0 spiro atoms. The van der Waals surface area contributed by atoms with E-state index in [9.17, 15) is 0 Å². The quantitative estimate of drug-likeness (QED) is 0.203. The maximum Gasteiger partial charge on any atom is 0.144 e. The summed E-state index contributed by atoms with van der Waals surface area (Å²) in [4.78, 5) is 0. The second-order valence-electron chi connectivity index (χ2n) is 8.48. The number of benzene rings is 3. The summed E-state index contributed by atoms with van der Waals surface area (Å²) < 4.78 is 9.32. The first-order valence-corrected chi connectivity index (χ1v) is 12.7. The molecule has 4 rings (SSSR count). The van der Waals surface area contributed by atoms with Crippen molar-refractivity contribution < 1.29 is 4.74 Å². The Bertz CT molecular complexity index is 834. The van der Waals surface area contributed by atoms with Gasteiger partial charge in [0.1, 0.15) is 5.60 Å². The third-order valence-corrected chi connectivity index (χ3v) is 6.91. The van der Waals surface area contributed by atoms with Crippen molar-refractivity contribution in [1.82, 2.24) is 0 Å². The lowest BCUT2D eigenvalue weighted by atomic mass is 9.79. The molecule has 1 fully saturated rings. The summed E-state index contributed by atoms with van der Waals surface area (Å²) in [6.45, 7) is 0. The highest BCUT2D eigenvalue weighted by Gasteiger charge is 2.39. The normalized spacial score (nSPS) is 16.0. The van der Waals surface area contributed by atoms with Gasteiger partial charge in [0, 0.05) is 0 Å². The molecule has 1 atom stereocenters. The lowest BCUT2D eigenvalue weighted by Crippen LogP contribution is -2.36. The predicted molar refractivity (Wildman–Crippen MR) is 138 cm³/mol. The number of ether oxygens (including phenoxy) is 1. The molecule has 160 valence electrons. The average molecular weight is 522 g/mol. The molecule has 0 bridgehead atoms. The smallest absolute Gasteiger partial charge is 0.144 e. The van der Waals surface area contributed by atoms with Crippen molar-refractivity contribution in [3.05, 3.63) is 118 Å². The highest BCUT2D eigenvalue weighted by Crippen LogP contribution is 2.42. The minimum Gasteiger partial charge on any atom is -0.354 e. The molecule has 0 amide bonds. The minimum atomic E-state index is -0.653. The second-order valence-corrected chi connectivity index (χ2v) is 9.20. The van der Waals surface area contributed by atoms with Gasteiger partial charge in [-0.25, -0.2) is 0 Å². The zero-order valence-electron chi connectivity index (χ0n) is 18.0. The van der Waals surface area contributed by atoms with Crippen molar-refractivity contribution in [2.45, 2.75) is 50.2 Å². The Kier molecular flexibility index (Phi) is 7.98. The van der Waals surface area contributed by atoms with Gasteiger partial charge in [-0.05, 0) is 45.6 Å². The molecular weight excluding hydrogens is 491 g/mol. The van der Waals surface area contributed by atoms with Crippen LogP contribution >= 0.6 is 22.6 Å². The molecule has 0 aromatic heterocycles. The summed E-state index contributed by atoms with van der Waals surface area (Å²) in [6, 6.07) is 32.1. The maximum atomic E-state index is 7.21. The number of halogens is 1. The van der Waals surface area contributed by atoms with E-state index in [1.165, 1.54) is 48.8 Å². The molecule has 1 unspecified atom stereocenters. The Morgan fingerprint density at radius 2 is 1.23 bits per heavy atom. The SMILES string of the molecule is I/C=C/C(CCC1CCCC1)OC(c1ccccc1)(c1ccccc1)c1ccccc1. The Labute approximate surface area is 200 Å². The zero-order chi connectivity index (χ0) is 21.4. The van der Waals surface area contributed by atoms with E-state index in [2.05, 4.69) is 124 Å². The molecular formula is C29H31IO. The lowest BCUT2D eigenvalue weighted by molar-refractivity contribution is -0.0298. The summed E-state index contributed by atoms with van der Waals surface area (Å²) in [5.74, 6) is 0.855. The molecule has 0 N–H and O–H groups in total. The summed E-state index contributed by atoms with van der Waals surface area (Å²) >= 11 is 2.33. The molecule has 0 aliphatic heterocycles. The van der Waals surface area contributed by atoms with E-state index < -0.39 is 5.60 Å². The van der Waals surface area contributed by atoms with Gasteiger partial charge >= 0.3 is 0 Å². The van der Waals surface area contributed by atoms with Crippen molar-refractivity contribution in [2.24, 2.45) is 5.92 Å². The number of hydrogen-bond donors (Lipinski definition) is 0. The average Bonchev–Trinajstić information content (AvgIpc) is 3.36. The zero-order valence-corrected chi connectivity index (χ0v) is 20.2. The van der Waals surface area contributed by atoms with Gasteiger partial charge in [-0.3, -0.25) is 0 Å². The molecule has 1 nitrogen and oxygen atoms in total. The van der Waals surface area contributed by atoms with E-state index in [-0.39, 0.29) is 6.10 Å². The van der Waals surface area contributed by atoms with Crippen LogP contribution in [0.2, 0.25) is 0 Å². The Balaban J connectivity index is 1.78. The molecule has 3 aromatic carbocycles. The van der Waals surface area contributed by atoms with Crippen LogP contribution in [-0.4, -0.2) is 6.10 Å². The van der Waals surface area contributed by atoms with E-state index in [0.29, 0.717) is 0 Å². The van der Waals surface area contributed by atoms with Crippen LogP contribution in [0, 0.1) is 5.92 Å². The van der Waals surface area contributed by atoms with Crippen LogP contribution in [-0.2, 0) is 10.3 Å². The summed E-state index contributed by atoms with van der Waals surface area (Å²) in [5, 5.41) is 0. The molecule has 1 saturated carbocycles. The number of hydrogen-bond acceptors (Lipinski definition) is 1. The van der Waals surface area contributed by atoms with Gasteiger partial charge < -0.3 is 4.74 Å². The fraction of sp³-hybridized carbons (Fsp3) is 0.310. The molecule has 3 aromatic rings. The first kappa shape index (κ1) is 22.3. The van der Waals surface area contributed by atoms with E-state index in [1.54, 1.807) is 0 Å². The fourth-order valence-corrected chi connectivity index (χ4v) is 5.39. The Hall–Kier alpha value is -1.91. The molecule has 1 aliphatic carbocycles. The monoisotopic (exact) mass is 522 g/mol. The molecule has 0 saturated heterocycles. The molecule has 1 aliphatic rings. The second kappa shape index (κ2) is 11.1. The van der Waals surface area contributed by atoms with Crippen molar-refractivity contribution >= 4 is 22.6 Å². The Morgan fingerprint density at radius 3 is 1.65 bits per heavy atom. The Morgan fingerprint density at radius 1 is 0.774 bits per heavy atom. The van der Waals surface area contributed by atoms with Crippen LogP contribution in [0.1, 0.15) is 55.2 Å². The minimum absolute atomic E-state index is 0.0538. The number of rotatable bonds is 9. The first-order valence-electron chi connectivity index (χ1n) is 11.4. The van der Waals surface area contributed by atoms with Crippen molar-refractivity contribution in [3.8, 4) is 0 Å². The van der Waals surface area contributed by atoms with Gasteiger partial charge in [-0.2, -0.15) is 0 Å². The van der Waals surface area contributed by atoms with E-state index in [4.69, 9.17) is 4.74 Å². The van der Waals surface area contributed by atoms with Gasteiger partial charge in [0.25, 0.3) is 0 Å². The molecule has 31 heavy (non-hydrogen) atoms. The summed E-state index contributed by atoms with van der Waals surface area (Å²) in [5.41, 5.74) is 2.85. The van der Waals surface area contributed by atoms with Gasteiger partial charge in [0.05, 0.1) is 6.10 Å². The van der Waals surface area contributed by atoms with Crippen molar-refractivity contribution in [2.75, 3.05) is 0 Å². The fourth-order valence-electron chi connectivity index (χ4n) is 4.92. The van der Waals surface area contributed by atoms with Crippen LogP contribution in [0.5, 0.6) is 0 Å². The predicted octanol–water partition coefficient (Wildman–Crippen LogP) is 8.28. The first-order chi connectivity index (χ1) is 15.3. The highest BCUT2D eigenvalue weighted by atomic mass is 127. The highest BCUT2D eigenvalue weighted by molar-refractivity contribution is 14.1. The van der Waals surface area contributed by atoms with Crippen LogP contribution in [0.3, 0.4) is 0 Å². The summed E-state index contributed by atoms with van der Waals surface area (Å²) in [7, 11) is 0.